The van der Waals surface area contributed by atoms with E-state index in [1.807, 2.05) is 51.1 Å². The first-order chi connectivity index (χ1) is 22.7. The molecule has 3 aromatic carbocycles. The first-order valence-electron chi connectivity index (χ1n) is 15.8. The molecule has 1 fully saturated rings. The molecule has 0 unspecified atom stereocenters. The highest BCUT2D eigenvalue weighted by molar-refractivity contribution is 7.21. The number of rotatable bonds is 9. The van der Waals surface area contributed by atoms with Gasteiger partial charge in [-0.05, 0) is 94.7 Å². The zero-order valence-electron chi connectivity index (χ0n) is 27.6. The number of carboxylic acid groups (broad SMARTS) is 1. The third-order valence-corrected chi connectivity index (χ3v) is 10.8. The lowest BCUT2D eigenvalue weighted by molar-refractivity contribution is 0.0535. The van der Waals surface area contributed by atoms with Gasteiger partial charge in [0.25, 0.3) is 5.91 Å². The van der Waals surface area contributed by atoms with Crippen LogP contribution in [0.15, 0.2) is 54.6 Å². The molecule has 48 heavy (non-hydrogen) atoms. The van der Waals surface area contributed by atoms with Gasteiger partial charge in [-0.25, -0.2) is 13.6 Å². The number of nitrogens with zero attached hydrogens (tertiary/aromatic N) is 2. The largest absolute Gasteiger partial charge is 0.496 e. The summed E-state index contributed by atoms with van der Waals surface area (Å²) in [5.41, 5.74) is 2.50. The highest BCUT2D eigenvalue weighted by atomic mass is 35.5. The first kappa shape index (κ1) is 35.3. The lowest BCUT2D eigenvalue weighted by Crippen LogP contribution is -2.48. The molecule has 1 aliphatic carbocycles. The zero-order chi connectivity index (χ0) is 34.9. The second kappa shape index (κ2) is 14.2. The third-order valence-electron chi connectivity index (χ3n) is 9.12. The summed E-state index contributed by atoms with van der Waals surface area (Å²) in [6.45, 7) is 7.64. The lowest BCUT2D eigenvalue weighted by atomic mass is 9.84. The normalized spacial score (nSPS) is 16.5. The summed E-state index contributed by atoms with van der Waals surface area (Å²) in [7, 11) is 1.55. The molecule has 1 saturated carbocycles. The molecule has 1 aromatic heterocycles. The van der Waals surface area contributed by atoms with Crippen molar-refractivity contribution in [1.29, 1.82) is 0 Å². The number of Topliss-reactive ketones (excluding diaryl/α,β-unsaturated/α-hetero) is 1. The predicted octanol–water partition coefficient (Wildman–Crippen LogP) is 9.69. The topological polar surface area (TPSA) is 87.2 Å². The Hall–Kier alpha value is -4.02. The van der Waals surface area contributed by atoms with Crippen molar-refractivity contribution in [1.82, 2.24) is 9.80 Å². The van der Waals surface area contributed by atoms with Gasteiger partial charge in [-0.15, -0.1) is 11.3 Å². The standard InChI is InChI=1S/C37H39ClF2N2O5S/c1-21(43)23-8-10-24(11-9-23)25-12-17-30(47-5)26(18-25)20-41(27-13-6-22(7-14-27)19-42(36(45)46)37(2,3)4)35(44)34-32(38)31-28(39)15-16-29(40)33(31)48-34/h8-12,15-18,22,27H,6-7,13-14,19-20H2,1-5H3,(H,45,46). The van der Waals surface area contributed by atoms with E-state index in [0.29, 0.717) is 43.5 Å². The Labute approximate surface area is 288 Å². The van der Waals surface area contributed by atoms with Gasteiger partial charge in [0, 0.05) is 35.8 Å². The second-order valence-electron chi connectivity index (χ2n) is 13.3. The van der Waals surface area contributed by atoms with Crippen LogP contribution in [-0.2, 0) is 6.54 Å². The molecule has 5 rings (SSSR count). The number of carbonyl (C=O) groups excluding carboxylic acids is 2. The smallest absolute Gasteiger partial charge is 0.407 e. The van der Waals surface area contributed by atoms with E-state index in [4.69, 9.17) is 16.3 Å². The molecule has 0 bridgehead atoms. The van der Waals surface area contributed by atoms with Crippen LogP contribution in [0.25, 0.3) is 21.2 Å². The third kappa shape index (κ3) is 7.34. The van der Waals surface area contributed by atoms with E-state index in [1.165, 1.54) is 11.8 Å². The van der Waals surface area contributed by atoms with Crippen LogP contribution in [0.1, 0.15) is 79.0 Å². The van der Waals surface area contributed by atoms with Crippen molar-refractivity contribution in [2.45, 2.75) is 71.5 Å². The van der Waals surface area contributed by atoms with Crippen LogP contribution in [0.4, 0.5) is 13.6 Å². The fourth-order valence-corrected chi connectivity index (χ4v) is 7.94. The molecule has 7 nitrogen and oxygen atoms in total. The summed E-state index contributed by atoms with van der Waals surface area (Å²) in [5.74, 6) is -1.16. The Morgan fingerprint density at radius 2 is 1.58 bits per heavy atom. The molecular formula is C37H39ClF2N2O5S. The van der Waals surface area contributed by atoms with Crippen LogP contribution in [0.5, 0.6) is 5.75 Å². The van der Waals surface area contributed by atoms with E-state index in [1.54, 1.807) is 24.1 Å². The van der Waals surface area contributed by atoms with E-state index in [0.717, 1.165) is 40.2 Å². The number of ketones is 1. The minimum Gasteiger partial charge on any atom is -0.496 e. The van der Waals surface area contributed by atoms with Crippen LogP contribution in [0.3, 0.4) is 0 Å². The molecule has 1 heterocycles. The number of carbonyl (C=O) groups is 3. The average molecular weight is 697 g/mol. The van der Waals surface area contributed by atoms with Crippen LogP contribution in [0.2, 0.25) is 5.02 Å². The maximum absolute atomic E-state index is 14.8. The maximum atomic E-state index is 14.8. The van der Waals surface area contributed by atoms with Crippen molar-refractivity contribution in [3.8, 4) is 16.9 Å². The number of hydrogen-bond acceptors (Lipinski definition) is 5. The Kier molecular flexibility index (Phi) is 10.5. The Balaban J connectivity index is 1.50. The average Bonchev–Trinajstić information content (AvgIpc) is 3.41. The summed E-state index contributed by atoms with van der Waals surface area (Å²) in [6, 6.07) is 14.7. The number of methoxy groups -OCH3 is 1. The van der Waals surface area contributed by atoms with Gasteiger partial charge in [-0.1, -0.05) is 41.9 Å². The summed E-state index contributed by atoms with van der Waals surface area (Å²) < 4.78 is 35.3. The molecule has 11 heteroatoms. The van der Waals surface area contributed by atoms with Crippen LogP contribution >= 0.6 is 22.9 Å². The SMILES string of the molecule is COc1ccc(-c2ccc(C(C)=O)cc2)cc1CN(C(=O)c1sc2c(F)ccc(F)c2c1Cl)C1CCC(CN(C(=O)O)C(C)(C)C)CC1. The molecule has 0 spiro atoms. The van der Waals surface area contributed by atoms with Crippen molar-refractivity contribution in [2.24, 2.45) is 5.92 Å². The van der Waals surface area contributed by atoms with Crippen LogP contribution in [0, 0.1) is 17.6 Å². The van der Waals surface area contributed by atoms with Gasteiger partial charge in [0.1, 0.15) is 22.3 Å². The van der Waals surface area contributed by atoms with Crippen molar-refractivity contribution >= 4 is 50.8 Å². The molecule has 254 valence electrons. The predicted molar refractivity (Wildman–Crippen MR) is 185 cm³/mol. The Morgan fingerprint density at radius 1 is 0.958 bits per heavy atom. The fourth-order valence-electron chi connectivity index (χ4n) is 6.43. The van der Waals surface area contributed by atoms with Crippen molar-refractivity contribution in [3.63, 3.8) is 0 Å². The monoisotopic (exact) mass is 696 g/mol. The van der Waals surface area contributed by atoms with Gasteiger partial charge in [0.2, 0.25) is 0 Å². The highest BCUT2D eigenvalue weighted by Crippen LogP contribution is 2.41. The van der Waals surface area contributed by atoms with Crippen LogP contribution < -0.4 is 4.74 Å². The summed E-state index contributed by atoms with van der Waals surface area (Å²) in [5, 5.41) is 9.61. The van der Waals surface area contributed by atoms with E-state index in [9.17, 15) is 28.3 Å². The summed E-state index contributed by atoms with van der Waals surface area (Å²) in [6.07, 6.45) is 1.62. The van der Waals surface area contributed by atoms with E-state index >= 15 is 0 Å². The van der Waals surface area contributed by atoms with Crippen molar-refractivity contribution < 1.29 is 33.0 Å². The molecule has 0 atom stereocenters. The number of ether oxygens (including phenoxy) is 1. The lowest BCUT2D eigenvalue weighted by Gasteiger charge is -2.40. The van der Waals surface area contributed by atoms with Gasteiger partial charge < -0.3 is 19.6 Å². The molecule has 1 N–H and O–H groups in total. The van der Waals surface area contributed by atoms with Gasteiger partial charge >= 0.3 is 6.09 Å². The van der Waals surface area contributed by atoms with Crippen LogP contribution in [-0.4, -0.2) is 57.9 Å². The maximum Gasteiger partial charge on any atom is 0.407 e. The van der Waals surface area contributed by atoms with Crippen molar-refractivity contribution in [2.75, 3.05) is 13.7 Å². The molecule has 1 aliphatic rings. The molecule has 4 aromatic rings. The van der Waals surface area contributed by atoms with Crippen molar-refractivity contribution in [3.05, 3.63) is 87.3 Å². The number of fused-ring (bicyclic) bond motifs is 1. The quantitative estimate of drug-likeness (QED) is 0.176. The number of thiophene rings is 1. The highest BCUT2D eigenvalue weighted by Gasteiger charge is 2.35. The Bertz CT molecular complexity index is 1850. The second-order valence-corrected chi connectivity index (χ2v) is 14.7. The number of hydrogen-bond donors (Lipinski definition) is 1. The van der Waals surface area contributed by atoms with Gasteiger partial charge in [0.05, 0.1) is 22.2 Å². The number of amides is 2. The van der Waals surface area contributed by atoms with E-state index in [2.05, 4.69) is 0 Å². The summed E-state index contributed by atoms with van der Waals surface area (Å²) >= 11 is 7.45. The van der Waals surface area contributed by atoms with Gasteiger partial charge in [-0.3, -0.25) is 9.59 Å². The fraction of sp³-hybridized carbons (Fsp3) is 0.378. The van der Waals surface area contributed by atoms with Gasteiger partial charge in [0.15, 0.2) is 5.78 Å². The zero-order valence-corrected chi connectivity index (χ0v) is 29.2. The molecule has 2 amide bonds. The number of halogens is 3. The molecule has 0 radical (unpaired) electrons. The minimum atomic E-state index is -0.969. The van der Waals surface area contributed by atoms with E-state index < -0.39 is 29.2 Å². The molecular weight excluding hydrogens is 658 g/mol. The molecule has 0 saturated heterocycles. The minimum absolute atomic E-state index is 0.0171. The Morgan fingerprint density at radius 3 is 2.15 bits per heavy atom. The number of benzene rings is 3. The first-order valence-corrected chi connectivity index (χ1v) is 17.0. The molecule has 0 aliphatic heterocycles. The van der Waals surface area contributed by atoms with Gasteiger partial charge in [-0.2, -0.15) is 0 Å². The van der Waals surface area contributed by atoms with E-state index in [-0.39, 0.29) is 44.3 Å². The summed E-state index contributed by atoms with van der Waals surface area (Å²) in [4.78, 5) is 41.5.